The molecule has 1 N–H and O–H groups in total. The Morgan fingerprint density at radius 3 is 2.81 bits per heavy atom. The van der Waals surface area contributed by atoms with E-state index in [4.69, 9.17) is 5.11 Å². The Hall–Kier alpha value is -3.22. The first-order valence-electron chi connectivity index (χ1n) is 8.99. The van der Waals surface area contributed by atoms with Gasteiger partial charge in [-0.15, -0.1) is 0 Å². The summed E-state index contributed by atoms with van der Waals surface area (Å²) in [7, 11) is 0. The summed E-state index contributed by atoms with van der Waals surface area (Å²) in [5.41, 5.74) is 1.28. The minimum atomic E-state index is -0.924. The average molecular weight is 364 g/mol. The Kier molecular flexibility index (Phi) is 4.58. The molecule has 0 bridgehead atoms. The minimum absolute atomic E-state index is 0.0737. The van der Waals surface area contributed by atoms with Gasteiger partial charge in [-0.25, -0.2) is 0 Å². The van der Waals surface area contributed by atoms with Crippen molar-refractivity contribution in [3.05, 3.63) is 60.2 Å². The molecule has 0 saturated carbocycles. The van der Waals surface area contributed by atoms with Crippen molar-refractivity contribution in [2.45, 2.75) is 25.3 Å². The van der Waals surface area contributed by atoms with Gasteiger partial charge in [0.2, 0.25) is 0 Å². The predicted molar refractivity (Wildman–Crippen MR) is 99.5 cm³/mol. The van der Waals surface area contributed by atoms with Gasteiger partial charge >= 0.3 is 5.97 Å². The van der Waals surface area contributed by atoms with Crippen molar-refractivity contribution in [2.75, 3.05) is 13.1 Å². The molecule has 7 nitrogen and oxygen atoms in total. The second-order valence-corrected chi connectivity index (χ2v) is 6.84. The molecule has 27 heavy (non-hydrogen) atoms. The highest BCUT2D eigenvalue weighted by molar-refractivity contribution is 5.96. The van der Waals surface area contributed by atoms with Crippen LogP contribution < -0.4 is 0 Å². The van der Waals surface area contributed by atoms with E-state index in [0.717, 1.165) is 29.3 Å². The van der Waals surface area contributed by atoms with Gasteiger partial charge in [0.25, 0.3) is 5.91 Å². The average Bonchev–Trinajstić information content (AvgIpc) is 3.15. The lowest BCUT2D eigenvalue weighted by Crippen LogP contribution is -2.39. The minimum Gasteiger partial charge on any atom is -0.480 e. The summed E-state index contributed by atoms with van der Waals surface area (Å²) in [5.74, 6) is -0.888. The fraction of sp³-hybridized carbons (Fsp3) is 0.300. The van der Waals surface area contributed by atoms with Crippen LogP contribution in [0.1, 0.15) is 34.9 Å². The van der Waals surface area contributed by atoms with E-state index in [-0.39, 0.29) is 18.4 Å². The van der Waals surface area contributed by atoms with Gasteiger partial charge in [0, 0.05) is 36.8 Å². The van der Waals surface area contributed by atoms with Gasteiger partial charge in [0.1, 0.15) is 12.2 Å². The Labute approximate surface area is 156 Å². The number of likely N-dealkylation sites (tertiary alicyclic amines) is 1. The molecule has 1 aliphatic rings. The first-order chi connectivity index (χ1) is 13.1. The molecule has 1 atom stereocenters. The molecule has 1 aromatic carbocycles. The lowest BCUT2D eigenvalue weighted by molar-refractivity contribution is -0.137. The molecule has 3 aromatic rings. The lowest BCUT2D eigenvalue weighted by atomic mass is 9.94. The maximum Gasteiger partial charge on any atom is 0.325 e. The number of aliphatic carboxylic acids is 1. The molecule has 1 saturated heterocycles. The smallest absolute Gasteiger partial charge is 0.325 e. The maximum absolute atomic E-state index is 12.9. The van der Waals surface area contributed by atoms with Crippen LogP contribution in [0.5, 0.6) is 0 Å². The fourth-order valence-corrected chi connectivity index (χ4v) is 3.59. The number of carbonyl (C=O) groups is 2. The Morgan fingerprint density at radius 2 is 2.00 bits per heavy atom. The molecule has 2 aromatic heterocycles. The SMILES string of the molecule is O=C(O)Cn1ccc([C@H]2CCCN(C(=O)c3cc4ccccc4cn3)C2)n1. The number of benzene rings is 1. The van der Waals surface area contributed by atoms with E-state index in [1.54, 1.807) is 12.4 Å². The summed E-state index contributed by atoms with van der Waals surface area (Å²) in [6.07, 6.45) is 5.22. The van der Waals surface area contributed by atoms with Crippen LogP contribution in [0.25, 0.3) is 10.8 Å². The second kappa shape index (κ2) is 7.19. The molecule has 7 heteroatoms. The first kappa shape index (κ1) is 17.2. The summed E-state index contributed by atoms with van der Waals surface area (Å²) in [6, 6.07) is 11.5. The zero-order valence-corrected chi connectivity index (χ0v) is 14.8. The van der Waals surface area contributed by atoms with Gasteiger partial charge in [-0.2, -0.15) is 5.10 Å². The number of carbonyl (C=O) groups excluding carboxylic acids is 1. The Bertz CT molecular complexity index is 998. The summed E-state index contributed by atoms with van der Waals surface area (Å²) in [5, 5.41) is 15.3. The molecule has 1 fully saturated rings. The molecular weight excluding hydrogens is 344 g/mol. The largest absolute Gasteiger partial charge is 0.480 e. The maximum atomic E-state index is 12.9. The van der Waals surface area contributed by atoms with Crippen LogP contribution in [-0.4, -0.2) is 49.7 Å². The van der Waals surface area contributed by atoms with Gasteiger partial charge in [-0.05, 0) is 30.4 Å². The zero-order valence-electron chi connectivity index (χ0n) is 14.8. The van der Waals surface area contributed by atoms with E-state index < -0.39 is 5.97 Å². The van der Waals surface area contributed by atoms with Gasteiger partial charge in [0.15, 0.2) is 0 Å². The van der Waals surface area contributed by atoms with Crippen LogP contribution in [0.2, 0.25) is 0 Å². The van der Waals surface area contributed by atoms with E-state index in [0.29, 0.717) is 18.8 Å². The highest BCUT2D eigenvalue weighted by Gasteiger charge is 2.27. The van der Waals surface area contributed by atoms with E-state index in [1.807, 2.05) is 41.3 Å². The standard InChI is InChI=1S/C20H20N4O3/c25-19(26)13-24-9-7-17(22-24)16-6-3-8-23(12-16)20(27)18-10-14-4-1-2-5-15(14)11-21-18/h1-2,4-5,7,9-11,16H,3,6,8,12-13H2,(H,25,26)/t16-/m0/s1. The number of fused-ring (bicyclic) bond motifs is 1. The molecule has 0 radical (unpaired) electrons. The summed E-state index contributed by atoms with van der Waals surface area (Å²) >= 11 is 0. The number of carboxylic acids is 1. The van der Waals surface area contributed by atoms with Crippen molar-refractivity contribution in [3.8, 4) is 0 Å². The van der Waals surface area contributed by atoms with Gasteiger partial charge in [0.05, 0.1) is 5.69 Å². The molecule has 3 heterocycles. The predicted octanol–water partition coefficient (Wildman–Crippen LogP) is 2.54. The van der Waals surface area contributed by atoms with E-state index in [1.165, 1.54) is 4.68 Å². The number of nitrogens with zero attached hydrogens (tertiary/aromatic N) is 4. The van der Waals surface area contributed by atoms with Crippen molar-refractivity contribution in [2.24, 2.45) is 0 Å². The van der Waals surface area contributed by atoms with Crippen molar-refractivity contribution in [3.63, 3.8) is 0 Å². The third-order valence-corrected chi connectivity index (χ3v) is 4.94. The molecule has 4 rings (SSSR count). The zero-order chi connectivity index (χ0) is 18.8. The number of rotatable bonds is 4. The number of pyridine rings is 1. The number of aromatic nitrogens is 3. The van der Waals surface area contributed by atoms with Crippen LogP contribution in [0.15, 0.2) is 48.8 Å². The lowest BCUT2D eigenvalue weighted by Gasteiger charge is -2.31. The van der Waals surface area contributed by atoms with Crippen LogP contribution in [0.4, 0.5) is 0 Å². The monoisotopic (exact) mass is 364 g/mol. The highest BCUT2D eigenvalue weighted by Crippen LogP contribution is 2.27. The normalized spacial score (nSPS) is 17.2. The highest BCUT2D eigenvalue weighted by atomic mass is 16.4. The molecule has 0 spiro atoms. The van der Waals surface area contributed by atoms with Crippen molar-refractivity contribution >= 4 is 22.6 Å². The summed E-state index contributed by atoms with van der Waals surface area (Å²) in [6.45, 7) is 1.10. The third kappa shape index (κ3) is 3.67. The number of carboxylic acid groups (broad SMARTS) is 1. The van der Waals surface area contributed by atoms with Crippen molar-refractivity contribution in [1.29, 1.82) is 0 Å². The topological polar surface area (TPSA) is 88.3 Å². The molecular formula is C20H20N4O3. The summed E-state index contributed by atoms with van der Waals surface area (Å²) < 4.78 is 1.42. The van der Waals surface area contributed by atoms with Gasteiger partial charge in [-0.3, -0.25) is 19.3 Å². The fourth-order valence-electron chi connectivity index (χ4n) is 3.59. The first-order valence-corrected chi connectivity index (χ1v) is 8.99. The molecule has 1 amide bonds. The Balaban J connectivity index is 1.50. The van der Waals surface area contributed by atoms with Gasteiger partial charge in [-0.1, -0.05) is 24.3 Å². The van der Waals surface area contributed by atoms with Crippen LogP contribution in [0, 0.1) is 0 Å². The van der Waals surface area contributed by atoms with E-state index >= 15 is 0 Å². The number of hydrogen-bond donors (Lipinski definition) is 1. The molecule has 0 unspecified atom stereocenters. The molecule has 0 aliphatic carbocycles. The van der Waals surface area contributed by atoms with E-state index in [2.05, 4.69) is 10.1 Å². The second-order valence-electron chi connectivity index (χ2n) is 6.84. The number of piperidine rings is 1. The summed E-state index contributed by atoms with van der Waals surface area (Å²) in [4.78, 5) is 29.9. The molecule has 138 valence electrons. The number of amides is 1. The van der Waals surface area contributed by atoms with Crippen LogP contribution in [-0.2, 0) is 11.3 Å². The van der Waals surface area contributed by atoms with E-state index in [9.17, 15) is 9.59 Å². The van der Waals surface area contributed by atoms with Crippen molar-refractivity contribution in [1.82, 2.24) is 19.7 Å². The van der Waals surface area contributed by atoms with Crippen LogP contribution in [0.3, 0.4) is 0 Å². The molecule has 1 aliphatic heterocycles. The van der Waals surface area contributed by atoms with Crippen LogP contribution >= 0.6 is 0 Å². The number of hydrogen-bond acceptors (Lipinski definition) is 4. The van der Waals surface area contributed by atoms with Gasteiger partial charge < -0.3 is 10.0 Å². The Morgan fingerprint density at radius 1 is 1.19 bits per heavy atom. The quantitative estimate of drug-likeness (QED) is 0.768. The van der Waals surface area contributed by atoms with Crippen molar-refractivity contribution < 1.29 is 14.7 Å². The third-order valence-electron chi connectivity index (χ3n) is 4.94.